The van der Waals surface area contributed by atoms with Crippen LogP contribution in [0.1, 0.15) is 43.7 Å². The number of allylic oxidation sites excluding steroid dienone is 2. The van der Waals surface area contributed by atoms with Gasteiger partial charge in [0.15, 0.2) is 5.78 Å². The van der Waals surface area contributed by atoms with E-state index >= 15 is 0 Å². The highest BCUT2D eigenvalue weighted by Gasteiger charge is 2.39. The molecule has 156 valence electrons. The molecule has 0 saturated heterocycles. The summed E-state index contributed by atoms with van der Waals surface area (Å²) in [5, 5.41) is 15.7. The molecule has 1 aromatic heterocycles. The third kappa shape index (κ3) is 3.19. The van der Waals surface area contributed by atoms with Crippen molar-refractivity contribution in [2.24, 2.45) is 11.8 Å². The minimum absolute atomic E-state index is 0.0431. The van der Waals surface area contributed by atoms with Gasteiger partial charge in [0, 0.05) is 53.0 Å². The first-order chi connectivity index (χ1) is 14.9. The lowest BCUT2D eigenvalue weighted by Crippen LogP contribution is -2.32. The van der Waals surface area contributed by atoms with Crippen LogP contribution in [0, 0.1) is 22.0 Å². The van der Waals surface area contributed by atoms with Gasteiger partial charge in [-0.15, -0.1) is 0 Å². The Balaban J connectivity index is 1.74. The topological polar surface area (TPSA) is 85.1 Å². The van der Waals surface area contributed by atoms with E-state index in [4.69, 9.17) is 0 Å². The molecular formula is C25H23N3O3. The number of hydrogen-bond donors (Lipinski definition) is 1. The Morgan fingerprint density at radius 2 is 1.87 bits per heavy atom. The molecule has 2 atom stereocenters. The fourth-order valence-electron chi connectivity index (χ4n) is 4.91. The molecule has 31 heavy (non-hydrogen) atoms. The van der Waals surface area contributed by atoms with Gasteiger partial charge in [0.25, 0.3) is 5.69 Å². The molecule has 0 bridgehead atoms. The standard InChI is InChI=1S/C25H23N3O3/c1-14(2)16-12-21-25(22(29)13-16)23(15-5-7-17(8-6-15)28(30)31)24-18-4-3-11-26-19(18)9-10-20(24)27-21/h3-11,14,16,23,27H,12-13H2,1-2H3. The molecule has 0 fully saturated rings. The van der Waals surface area contributed by atoms with Gasteiger partial charge in [-0.3, -0.25) is 19.9 Å². The summed E-state index contributed by atoms with van der Waals surface area (Å²) < 4.78 is 0. The quantitative estimate of drug-likeness (QED) is 0.447. The van der Waals surface area contributed by atoms with Gasteiger partial charge in [-0.05, 0) is 47.6 Å². The summed E-state index contributed by atoms with van der Waals surface area (Å²) in [7, 11) is 0. The van der Waals surface area contributed by atoms with Crippen LogP contribution in [-0.4, -0.2) is 15.7 Å². The zero-order valence-corrected chi connectivity index (χ0v) is 17.5. The van der Waals surface area contributed by atoms with E-state index in [1.807, 2.05) is 24.3 Å². The van der Waals surface area contributed by atoms with Gasteiger partial charge >= 0.3 is 0 Å². The van der Waals surface area contributed by atoms with Gasteiger partial charge < -0.3 is 5.32 Å². The molecule has 6 heteroatoms. The van der Waals surface area contributed by atoms with Crippen molar-refractivity contribution in [2.75, 3.05) is 5.32 Å². The number of carbonyl (C=O) groups excluding carboxylic acids is 1. The minimum Gasteiger partial charge on any atom is -0.358 e. The molecule has 1 N–H and O–H groups in total. The van der Waals surface area contributed by atoms with Crippen LogP contribution < -0.4 is 5.32 Å². The maximum Gasteiger partial charge on any atom is 0.269 e. The fourth-order valence-corrected chi connectivity index (χ4v) is 4.91. The van der Waals surface area contributed by atoms with Crippen LogP contribution in [0.5, 0.6) is 0 Å². The Hall–Kier alpha value is -3.54. The van der Waals surface area contributed by atoms with Crippen molar-refractivity contribution >= 4 is 28.1 Å². The van der Waals surface area contributed by atoms with Crippen LogP contribution in [0.25, 0.3) is 10.9 Å². The molecule has 2 unspecified atom stereocenters. The lowest BCUT2D eigenvalue weighted by Gasteiger charge is -2.38. The molecule has 6 nitrogen and oxygen atoms in total. The summed E-state index contributed by atoms with van der Waals surface area (Å²) >= 11 is 0. The number of anilines is 1. The molecule has 0 amide bonds. The van der Waals surface area contributed by atoms with Gasteiger partial charge in [0.1, 0.15) is 0 Å². The van der Waals surface area contributed by atoms with Crippen LogP contribution >= 0.6 is 0 Å². The number of nitro benzene ring substituents is 1. The van der Waals surface area contributed by atoms with E-state index in [2.05, 4.69) is 24.1 Å². The Morgan fingerprint density at radius 3 is 2.58 bits per heavy atom. The molecule has 1 aliphatic carbocycles. The van der Waals surface area contributed by atoms with Crippen molar-refractivity contribution in [3.8, 4) is 0 Å². The molecule has 3 aromatic rings. The van der Waals surface area contributed by atoms with Crippen molar-refractivity contribution in [1.29, 1.82) is 0 Å². The predicted octanol–water partition coefficient (Wildman–Crippen LogP) is 5.59. The number of nitrogens with zero attached hydrogens (tertiary/aromatic N) is 2. The Kier molecular flexibility index (Phi) is 4.58. The van der Waals surface area contributed by atoms with E-state index in [0.29, 0.717) is 18.3 Å². The number of non-ortho nitro benzene ring substituents is 1. The molecular weight excluding hydrogens is 390 g/mol. The third-order valence-corrected chi connectivity index (χ3v) is 6.61. The summed E-state index contributed by atoms with van der Waals surface area (Å²) in [6.45, 7) is 4.32. The van der Waals surface area contributed by atoms with E-state index < -0.39 is 4.92 Å². The van der Waals surface area contributed by atoms with Crippen molar-refractivity contribution in [3.63, 3.8) is 0 Å². The first kappa shape index (κ1) is 19.4. The number of Topliss-reactive ketones (excluding diaryl/α,β-unsaturated/α-hetero) is 1. The zero-order chi connectivity index (χ0) is 21.7. The SMILES string of the molecule is CC(C)C1CC(=O)C2=C(C1)Nc1ccc3ncccc3c1C2c1ccc([N+](=O)[O-])cc1. The number of ketones is 1. The van der Waals surface area contributed by atoms with E-state index in [-0.39, 0.29) is 17.4 Å². The van der Waals surface area contributed by atoms with Gasteiger partial charge in [0.05, 0.1) is 10.4 Å². The number of carbonyl (C=O) groups is 1. The highest BCUT2D eigenvalue weighted by molar-refractivity contribution is 6.03. The van der Waals surface area contributed by atoms with Crippen molar-refractivity contribution < 1.29 is 9.72 Å². The summed E-state index contributed by atoms with van der Waals surface area (Å²) in [6, 6.07) is 14.5. The third-order valence-electron chi connectivity index (χ3n) is 6.61. The molecule has 5 rings (SSSR count). The normalized spacial score (nSPS) is 20.4. The van der Waals surface area contributed by atoms with Gasteiger partial charge in [-0.1, -0.05) is 32.0 Å². The summed E-state index contributed by atoms with van der Waals surface area (Å²) in [4.78, 5) is 28.7. The second kappa shape index (κ2) is 7.30. The number of rotatable bonds is 3. The maximum absolute atomic E-state index is 13.4. The molecule has 2 heterocycles. The van der Waals surface area contributed by atoms with Gasteiger partial charge in [-0.2, -0.15) is 0 Å². The van der Waals surface area contributed by atoms with Crippen LogP contribution in [0.3, 0.4) is 0 Å². The van der Waals surface area contributed by atoms with Gasteiger partial charge in [0.2, 0.25) is 0 Å². The van der Waals surface area contributed by atoms with Crippen molar-refractivity contribution in [3.05, 3.63) is 87.2 Å². The Morgan fingerprint density at radius 1 is 1.10 bits per heavy atom. The first-order valence-electron chi connectivity index (χ1n) is 10.6. The summed E-state index contributed by atoms with van der Waals surface area (Å²) in [6.07, 6.45) is 3.11. The van der Waals surface area contributed by atoms with Gasteiger partial charge in [-0.25, -0.2) is 0 Å². The summed E-state index contributed by atoms with van der Waals surface area (Å²) in [5.41, 5.74) is 5.54. The number of nitrogens with one attached hydrogen (secondary N) is 1. The Labute approximate surface area is 180 Å². The zero-order valence-electron chi connectivity index (χ0n) is 17.5. The first-order valence-corrected chi connectivity index (χ1v) is 10.6. The smallest absolute Gasteiger partial charge is 0.269 e. The lowest BCUT2D eigenvalue weighted by molar-refractivity contribution is -0.384. The second-order valence-electron chi connectivity index (χ2n) is 8.73. The molecule has 0 saturated carbocycles. The second-order valence-corrected chi connectivity index (χ2v) is 8.73. The minimum atomic E-state index is -0.400. The van der Waals surface area contributed by atoms with Crippen molar-refractivity contribution in [2.45, 2.75) is 32.6 Å². The number of hydrogen-bond acceptors (Lipinski definition) is 5. The van der Waals surface area contributed by atoms with Crippen LogP contribution in [-0.2, 0) is 4.79 Å². The highest BCUT2D eigenvalue weighted by Crippen LogP contribution is 2.49. The van der Waals surface area contributed by atoms with E-state index in [0.717, 1.165) is 45.4 Å². The molecule has 2 aromatic carbocycles. The highest BCUT2D eigenvalue weighted by atomic mass is 16.6. The monoisotopic (exact) mass is 413 g/mol. The molecule has 2 aliphatic rings. The van der Waals surface area contributed by atoms with E-state index in [1.54, 1.807) is 18.3 Å². The fraction of sp³-hybridized carbons (Fsp3) is 0.280. The number of benzene rings is 2. The summed E-state index contributed by atoms with van der Waals surface area (Å²) in [5.74, 6) is 0.600. The van der Waals surface area contributed by atoms with Crippen molar-refractivity contribution in [1.82, 2.24) is 4.98 Å². The molecule has 0 spiro atoms. The number of fused-ring (bicyclic) bond motifs is 3. The van der Waals surface area contributed by atoms with E-state index in [1.165, 1.54) is 12.1 Å². The van der Waals surface area contributed by atoms with Crippen LogP contribution in [0.4, 0.5) is 11.4 Å². The van der Waals surface area contributed by atoms with Crippen LogP contribution in [0.2, 0.25) is 0 Å². The lowest BCUT2D eigenvalue weighted by atomic mass is 9.70. The average molecular weight is 413 g/mol. The number of aromatic nitrogens is 1. The largest absolute Gasteiger partial charge is 0.358 e. The average Bonchev–Trinajstić information content (AvgIpc) is 2.77. The van der Waals surface area contributed by atoms with E-state index in [9.17, 15) is 14.9 Å². The Bertz CT molecular complexity index is 1240. The molecule has 1 aliphatic heterocycles. The number of nitro groups is 1. The maximum atomic E-state index is 13.4. The van der Waals surface area contributed by atoms with Crippen LogP contribution in [0.15, 0.2) is 66.0 Å². The number of pyridine rings is 1. The predicted molar refractivity (Wildman–Crippen MR) is 120 cm³/mol. The molecule has 0 radical (unpaired) electrons.